The van der Waals surface area contributed by atoms with E-state index in [0.717, 1.165) is 58.1 Å². The molecular formula is C25H41N3O2. The van der Waals surface area contributed by atoms with Crippen LogP contribution >= 0.6 is 0 Å². The largest absolute Gasteiger partial charge is 0.381 e. The Morgan fingerprint density at radius 3 is 2.53 bits per heavy atom. The fraction of sp³-hybridized carbons (Fsp3) is 0.720. The van der Waals surface area contributed by atoms with E-state index in [-0.39, 0.29) is 16.9 Å². The molecule has 0 bridgehead atoms. The maximum atomic E-state index is 6.15. The van der Waals surface area contributed by atoms with E-state index in [9.17, 15) is 0 Å². The van der Waals surface area contributed by atoms with Crippen molar-refractivity contribution in [3.05, 3.63) is 35.4 Å². The van der Waals surface area contributed by atoms with E-state index in [4.69, 9.17) is 9.47 Å². The van der Waals surface area contributed by atoms with Gasteiger partial charge in [0.1, 0.15) is 0 Å². The second-order valence-corrected chi connectivity index (χ2v) is 10.1. The van der Waals surface area contributed by atoms with Crippen molar-refractivity contribution in [2.75, 3.05) is 40.0 Å². The van der Waals surface area contributed by atoms with Crippen molar-refractivity contribution >= 4 is 5.96 Å². The Bertz CT molecular complexity index is 705. The minimum atomic E-state index is 0.0864. The van der Waals surface area contributed by atoms with Crippen LogP contribution in [0.4, 0.5) is 0 Å². The van der Waals surface area contributed by atoms with Gasteiger partial charge in [0, 0.05) is 51.3 Å². The first-order valence-corrected chi connectivity index (χ1v) is 11.6. The quantitative estimate of drug-likeness (QED) is 0.563. The highest BCUT2D eigenvalue weighted by Crippen LogP contribution is 2.36. The number of guanidine groups is 1. The minimum Gasteiger partial charge on any atom is -0.381 e. The van der Waals surface area contributed by atoms with Gasteiger partial charge in [0.05, 0.1) is 6.10 Å². The summed E-state index contributed by atoms with van der Waals surface area (Å²) in [6.07, 6.45) is 4.69. The average molecular weight is 416 g/mol. The van der Waals surface area contributed by atoms with Gasteiger partial charge in [-0.25, -0.2) is 0 Å². The lowest BCUT2D eigenvalue weighted by Gasteiger charge is -2.41. The molecule has 2 heterocycles. The first-order valence-electron chi connectivity index (χ1n) is 11.6. The van der Waals surface area contributed by atoms with Gasteiger partial charge in [-0.15, -0.1) is 0 Å². The molecule has 0 radical (unpaired) electrons. The van der Waals surface area contributed by atoms with Crippen LogP contribution in [0.5, 0.6) is 0 Å². The number of hydrogen-bond acceptors (Lipinski definition) is 3. The van der Waals surface area contributed by atoms with E-state index in [1.807, 2.05) is 7.05 Å². The molecule has 168 valence electrons. The molecule has 1 aromatic carbocycles. The van der Waals surface area contributed by atoms with E-state index in [1.54, 1.807) is 0 Å². The Hall–Kier alpha value is -1.59. The highest BCUT2D eigenvalue weighted by atomic mass is 16.5. The van der Waals surface area contributed by atoms with Crippen molar-refractivity contribution in [2.24, 2.45) is 16.3 Å². The Morgan fingerprint density at radius 2 is 1.87 bits per heavy atom. The van der Waals surface area contributed by atoms with Gasteiger partial charge in [-0.05, 0) is 49.1 Å². The summed E-state index contributed by atoms with van der Waals surface area (Å²) in [4.78, 5) is 4.51. The van der Waals surface area contributed by atoms with Gasteiger partial charge >= 0.3 is 0 Å². The third-order valence-electron chi connectivity index (χ3n) is 6.81. The van der Waals surface area contributed by atoms with E-state index in [2.05, 4.69) is 67.6 Å². The lowest BCUT2D eigenvalue weighted by Crippen LogP contribution is -2.51. The van der Waals surface area contributed by atoms with Gasteiger partial charge in [-0.1, -0.05) is 45.0 Å². The van der Waals surface area contributed by atoms with Gasteiger partial charge < -0.3 is 20.1 Å². The first kappa shape index (κ1) is 23.1. The van der Waals surface area contributed by atoms with Crippen LogP contribution in [0.25, 0.3) is 0 Å². The Balaban J connectivity index is 1.64. The predicted octanol–water partition coefficient (Wildman–Crippen LogP) is 4.05. The molecule has 2 N–H and O–H groups in total. The molecule has 2 atom stereocenters. The summed E-state index contributed by atoms with van der Waals surface area (Å²) in [6.45, 7) is 13.3. The predicted molar refractivity (Wildman–Crippen MR) is 124 cm³/mol. The molecule has 2 fully saturated rings. The fourth-order valence-electron chi connectivity index (χ4n) is 5.18. The zero-order chi connectivity index (χ0) is 21.6. The molecule has 2 unspecified atom stereocenters. The normalized spacial score (nSPS) is 25.0. The van der Waals surface area contributed by atoms with Crippen molar-refractivity contribution in [2.45, 2.75) is 64.9 Å². The van der Waals surface area contributed by atoms with Crippen molar-refractivity contribution in [3.8, 4) is 0 Å². The monoisotopic (exact) mass is 415 g/mol. The first-order chi connectivity index (χ1) is 14.4. The smallest absolute Gasteiger partial charge is 0.191 e. The van der Waals surface area contributed by atoms with E-state index in [0.29, 0.717) is 5.92 Å². The number of ether oxygens (including phenoxy) is 2. The van der Waals surface area contributed by atoms with Crippen LogP contribution in [0.15, 0.2) is 29.3 Å². The number of aliphatic imine (C=N–C) groups is 1. The van der Waals surface area contributed by atoms with Crippen LogP contribution in [0.2, 0.25) is 0 Å². The van der Waals surface area contributed by atoms with Crippen molar-refractivity contribution in [1.82, 2.24) is 10.6 Å². The fourth-order valence-corrected chi connectivity index (χ4v) is 5.18. The zero-order valence-electron chi connectivity index (χ0n) is 19.6. The molecule has 5 heteroatoms. The van der Waals surface area contributed by atoms with E-state index >= 15 is 0 Å². The number of hydrogen-bond donors (Lipinski definition) is 2. The third kappa shape index (κ3) is 5.55. The van der Waals surface area contributed by atoms with Crippen molar-refractivity contribution in [3.63, 3.8) is 0 Å². The molecule has 0 spiro atoms. The van der Waals surface area contributed by atoms with Gasteiger partial charge in [0.15, 0.2) is 5.96 Å². The lowest BCUT2D eigenvalue weighted by molar-refractivity contribution is -0.0835. The van der Waals surface area contributed by atoms with Crippen molar-refractivity contribution in [1.29, 1.82) is 0 Å². The highest BCUT2D eigenvalue weighted by Gasteiger charge is 2.37. The number of nitrogens with one attached hydrogen (secondary N) is 2. The lowest BCUT2D eigenvalue weighted by atomic mass is 9.72. The summed E-state index contributed by atoms with van der Waals surface area (Å²) < 4.78 is 11.9. The molecule has 0 amide bonds. The Kier molecular flexibility index (Phi) is 7.81. The van der Waals surface area contributed by atoms with Gasteiger partial charge in [0.2, 0.25) is 0 Å². The molecule has 5 nitrogen and oxygen atoms in total. The van der Waals surface area contributed by atoms with Gasteiger partial charge in [-0.3, -0.25) is 4.99 Å². The molecule has 0 aliphatic carbocycles. The SMILES string of the molecule is CN=C(NCC1CCCOC1C(C)(C)C)NCC1(c2ccccc2C)CCOCC1. The second kappa shape index (κ2) is 10.1. The summed E-state index contributed by atoms with van der Waals surface area (Å²) in [5.74, 6) is 1.39. The van der Waals surface area contributed by atoms with Crippen LogP contribution < -0.4 is 10.6 Å². The average Bonchev–Trinajstić information content (AvgIpc) is 2.74. The standard InChI is InChI=1S/C25H41N3O2/c1-19-9-6-7-11-21(19)25(12-15-29-16-13-25)18-28-23(26-5)27-17-20-10-8-14-30-22(20)24(2,3)4/h6-7,9,11,20,22H,8,10,12-18H2,1-5H3,(H2,26,27,28). The Labute approximate surface area is 183 Å². The summed E-state index contributed by atoms with van der Waals surface area (Å²) in [5.41, 5.74) is 3.03. The third-order valence-corrected chi connectivity index (χ3v) is 6.81. The number of nitrogens with zero attached hydrogens (tertiary/aromatic N) is 1. The van der Waals surface area contributed by atoms with Crippen LogP contribution in [0, 0.1) is 18.3 Å². The molecule has 2 saturated heterocycles. The highest BCUT2D eigenvalue weighted by molar-refractivity contribution is 5.79. The topological polar surface area (TPSA) is 54.9 Å². The number of benzene rings is 1. The summed E-state index contributed by atoms with van der Waals surface area (Å²) in [7, 11) is 1.86. The molecule has 1 aromatic rings. The van der Waals surface area contributed by atoms with Crippen molar-refractivity contribution < 1.29 is 9.47 Å². The molecule has 0 aromatic heterocycles. The van der Waals surface area contributed by atoms with Crippen LogP contribution in [0.1, 0.15) is 57.6 Å². The maximum absolute atomic E-state index is 6.15. The van der Waals surface area contributed by atoms with Gasteiger partial charge in [0.25, 0.3) is 0 Å². The van der Waals surface area contributed by atoms with E-state index < -0.39 is 0 Å². The maximum Gasteiger partial charge on any atom is 0.191 e. The van der Waals surface area contributed by atoms with Crippen LogP contribution in [-0.2, 0) is 14.9 Å². The molecular weight excluding hydrogens is 374 g/mol. The molecule has 2 aliphatic heterocycles. The Morgan fingerprint density at radius 1 is 1.13 bits per heavy atom. The number of rotatable bonds is 5. The van der Waals surface area contributed by atoms with Crippen LogP contribution in [-0.4, -0.2) is 52.0 Å². The second-order valence-electron chi connectivity index (χ2n) is 10.1. The molecule has 30 heavy (non-hydrogen) atoms. The summed E-state index contributed by atoms with van der Waals surface area (Å²) >= 11 is 0. The van der Waals surface area contributed by atoms with Crippen LogP contribution in [0.3, 0.4) is 0 Å². The van der Waals surface area contributed by atoms with E-state index in [1.165, 1.54) is 17.5 Å². The molecule has 3 rings (SSSR count). The zero-order valence-corrected chi connectivity index (χ0v) is 19.6. The number of aryl methyl sites for hydroxylation is 1. The van der Waals surface area contributed by atoms with Gasteiger partial charge in [-0.2, -0.15) is 0 Å². The molecule has 0 saturated carbocycles. The summed E-state index contributed by atoms with van der Waals surface area (Å²) in [5, 5.41) is 7.23. The summed E-state index contributed by atoms with van der Waals surface area (Å²) in [6, 6.07) is 8.78. The molecule has 2 aliphatic rings. The minimum absolute atomic E-state index is 0.0864.